The Hall–Kier alpha value is -1.75. The summed E-state index contributed by atoms with van der Waals surface area (Å²) in [5.41, 5.74) is 0.641. The molecule has 98 valence electrons. The number of carbonyl (C=O) groups excluding carboxylic acids is 1. The molecule has 1 aliphatic heterocycles. The van der Waals surface area contributed by atoms with Gasteiger partial charge in [-0.1, -0.05) is 6.92 Å². The molecule has 1 aromatic rings. The molecule has 0 aromatic heterocycles. The van der Waals surface area contributed by atoms with Crippen LogP contribution in [0.15, 0.2) is 18.2 Å². The molecule has 0 fully saturated rings. The summed E-state index contributed by atoms with van der Waals surface area (Å²) in [6, 6.07) is 4.84. The molecule has 5 nitrogen and oxygen atoms in total. The fourth-order valence-electron chi connectivity index (χ4n) is 1.93. The molecule has 1 heterocycles. The number of aliphatic hydroxyl groups is 1. The van der Waals surface area contributed by atoms with Crippen molar-refractivity contribution in [2.75, 3.05) is 13.7 Å². The average Bonchev–Trinajstić information content (AvgIpc) is 2.41. The van der Waals surface area contributed by atoms with E-state index in [4.69, 9.17) is 9.47 Å². The van der Waals surface area contributed by atoms with E-state index in [-0.39, 0.29) is 12.5 Å². The molecule has 1 aromatic carbocycles. The molecule has 0 aliphatic carbocycles. The third kappa shape index (κ3) is 2.41. The van der Waals surface area contributed by atoms with Crippen LogP contribution in [0.5, 0.6) is 11.5 Å². The van der Waals surface area contributed by atoms with Gasteiger partial charge in [0.1, 0.15) is 24.2 Å². The van der Waals surface area contributed by atoms with E-state index in [1.807, 2.05) is 0 Å². The Morgan fingerprint density at radius 3 is 3.06 bits per heavy atom. The fourth-order valence-corrected chi connectivity index (χ4v) is 1.93. The van der Waals surface area contributed by atoms with Gasteiger partial charge in [-0.25, -0.2) is 0 Å². The van der Waals surface area contributed by atoms with Crippen LogP contribution in [-0.2, 0) is 4.79 Å². The highest BCUT2D eigenvalue weighted by Crippen LogP contribution is 2.34. The zero-order valence-corrected chi connectivity index (χ0v) is 10.5. The van der Waals surface area contributed by atoms with E-state index in [1.165, 1.54) is 0 Å². The number of aliphatic hydroxyl groups excluding tert-OH is 1. The molecule has 0 saturated heterocycles. The summed E-state index contributed by atoms with van der Waals surface area (Å²) in [6.07, 6.45) is -0.395. The van der Waals surface area contributed by atoms with Gasteiger partial charge in [-0.3, -0.25) is 4.79 Å². The maximum absolute atomic E-state index is 11.4. The second kappa shape index (κ2) is 5.27. The van der Waals surface area contributed by atoms with Gasteiger partial charge in [0.15, 0.2) is 0 Å². The predicted octanol–water partition coefficient (Wildman–Crippen LogP) is 1.02. The van der Waals surface area contributed by atoms with Gasteiger partial charge in [0.25, 0.3) is 0 Å². The molecule has 0 spiro atoms. The highest BCUT2D eigenvalue weighted by Gasteiger charge is 2.30. The van der Waals surface area contributed by atoms with Crippen LogP contribution in [-0.4, -0.2) is 30.8 Å². The number of nitrogens with one attached hydrogen (secondary N) is 1. The zero-order chi connectivity index (χ0) is 13.1. The van der Waals surface area contributed by atoms with Crippen molar-refractivity contribution in [1.82, 2.24) is 5.32 Å². The van der Waals surface area contributed by atoms with Gasteiger partial charge in [0.2, 0.25) is 5.91 Å². The fraction of sp³-hybridized carbons (Fsp3) is 0.462. The lowest BCUT2D eigenvalue weighted by atomic mass is 9.98. The van der Waals surface area contributed by atoms with Crippen LogP contribution in [0.3, 0.4) is 0 Å². The number of ether oxygens (including phenoxy) is 2. The van der Waals surface area contributed by atoms with Crippen molar-refractivity contribution < 1.29 is 19.4 Å². The number of carbonyl (C=O) groups is 1. The molecule has 2 N–H and O–H groups in total. The molecule has 18 heavy (non-hydrogen) atoms. The van der Waals surface area contributed by atoms with Gasteiger partial charge in [0, 0.05) is 12.0 Å². The topological polar surface area (TPSA) is 67.8 Å². The summed E-state index contributed by atoms with van der Waals surface area (Å²) in [5, 5.41) is 13.0. The van der Waals surface area contributed by atoms with Crippen molar-refractivity contribution in [3.05, 3.63) is 23.8 Å². The maximum atomic E-state index is 11.4. The van der Waals surface area contributed by atoms with Crippen LogP contribution < -0.4 is 14.8 Å². The Labute approximate surface area is 106 Å². The number of amides is 1. The predicted molar refractivity (Wildman–Crippen MR) is 65.7 cm³/mol. The summed E-state index contributed by atoms with van der Waals surface area (Å²) < 4.78 is 10.6. The van der Waals surface area contributed by atoms with Gasteiger partial charge in [-0.05, 0) is 18.2 Å². The summed E-state index contributed by atoms with van der Waals surface area (Å²) in [7, 11) is 1.56. The lowest BCUT2D eigenvalue weighted by Gasteiger charge is -2.31. The van der Waals surface area contributed by atoms with Crippen LogP contribution in [0.2, 0.25) is 0 Å². The molecule has 1 aliphatic rings. The van der Waals surface area contributed by atoms with Crippen LogP contribution >= 0.6 is 0 Å². The SMILES string of the molecule is CCC(=O)N[C@@H]1COc2ccc(OC)cc2[C@H]1O. The van der Waals surface area contributed by atoms with E-state index < -0.39 is 12.1 Å². The van der Waals surface area contributed by atoms with Crippen molar-refractivity contribution in [2.24, 2.45) is 0 Å². The molecule has 0 saturated carbocycles. The monoisotopic (exact) mass is 251 g/mol. The number of hydrogen-bond acceptors (Lipinski definition) is 4. The number of rotatable bonds is 3. The van der Waals surface area contributed by atoms with Crippen molar-refractivity contribution in [3.63, 3.8) is 0 Å². The molecule has 0 unspecified atom stereocenters. The Bertz CT molecular complexity index is 447. The second-order valence-corrected chi connectivity index (χ2v) is 4.19. The van der Waals surface area contributed by atoms with Crippen molar-refractivity contribution in [3.8, 4) is 11.5 Å². The summed E-state index contributed by atoms with van der Waals surface area (Å²) >= 11 is 0. The van der Waals surface area contributed by atoms with Crippen molar-refractivity contribution in [1.29, 1.82) is 0 Å². The number of methoxy groups -OCH3 is 1. The molecule has 2 rings (SSSR count). The molecule has 1 amide bonds. The highest BCUT2D eigenvalue weighted by atomic mass is 16.5. The minimum Gasteiger partial charge on any atom is -0.497 e. The molecular formula is C13H17NO4. The zero-order valence-electron chi connectivity index (χ0n) is 10.5. The minimum atomic E-state index is -0.778. The maximum Gasteiger partial charge on any atom is 0.220 e. The van der Waals surface area contributed by atoms with Gasteiger partial charge >= 0.3 is 0 Å². The van der Waals surface area contributed by atoms with Crippen LogP contribution in [0, 0.1) is 0 Å². The quantitative estimate of drug-likeness (QED) is 0.841. The van der Waals surface area contributed by atoms with Gasteiger partial charge in [-0.15, -0.1) is 0 Å². The van der Waals surface area contributed by atoms with Gasteiger partial charge < -0.3 is 19.9 Å². The van der Waals surface area contributed by atoms with E-state index in [2.05, 4.69) is 5.32 Å². The first kappa shape index (κ1) is 12.7. The Balaban J connectivity index is 2.20. The molecule has 2 atom stereocenters. The van der Waals surface area contributed by atoms with Crippen LogP contribution in [0.1, 0.15) is 25.0 Å². The van der Waals surface area contributed by atoms with Crippen molar-refractivity contribution >= 4 is 5.91 Å². The first-order chi connectivity index (χ1) is 8.65. The largest absolute Gasteiger partial charge is 0.497 e. The smallest absolute Gasteiger partial charge is 0.220 e. The summed E-state index contributed by atoms with van der Waals surface area (Å²) in [5.74, 6) is 1.18. The first-order valence-corrected chi connectivity index (χ1v) is 5.94. The van der Waals surface area contributed by atoms with Crippen LogP contribution in [0.4, 0.5) is 0 Å². The molecule has 5 heteroatoms. The highest BCUT2D eigenvalue weighted by molar-refractivity contribution is 5.76. The van der Waals surface area contributed by atoms with Crippen molar-refractivity contribution in [2.45, 2.75) is 25.5 Å². The number of benzene rings is 1. The third-order valence-corrected chi connectivity index (χ3v) is 3.00. The van der Waals surface area contributed by atoms with E-state index >= 15 is 0 Å². The Morgan fingerprint density at radius 1 is 1.61 bits per heavy atom. The summed E-state index contributed by atoms with van der Waals surface area (Å²) in [6.45, 7) is 2.04. The second-order valence-electron chi connectivity index (χ2n) is 4.19. The minimum absolute atomic E-state index is 0.103. The molecule has 0 radical (unpaired) electrons. The third-order valence-electron chi connectivity index (χ3n) is 3.00. The number of hydrogen-bond donors (Lipinski definition) is 2. The normalized spacial score (nSPS) is 21.7. The van der Waals surface area contributed by atoms with Gasteiger partial charge in [0.05, 0.1) is 13.2 Å². The Kier molecular flexibility index (Phi) is 3.72. The molecular weight excluding hydrogens is 234 g/mol. The van der Waals surface area contributed by atoms with Gasteiger partial charge in [-0.2, -0.15) is 0 Å². The van der Waals surface area contributed by atoms with E-state index in [1.54, 1.807) is 32.2 Å². The van der Waals surface area contributed by atoms with E-state index in [9.17, 15) is 9.90 Å². The van der Waals surface area contributed by atoms with Crippen LogP contribution in [0.25, 0.3) is 0 Å². The first-order valence-electron chi connectivity index (χ1n) is 5.94. The standard InChI is InChI=1S/C13H17NO4/c1-3-12(15)14-10-7-18-11-5-4-8(17-2)6-9(11)13(10)16/h4-6,10,13,16H,3,7H2,1-2H3,(H,14,15)/t10-,13-/m1/s1. The lowest BCUT2D eigenvalue weighted by Crippen LogP contribution is -2.45. The average molecular weight is 251 g/mol. The van der Waals surface area contributed by atoms with E-state index in [0.717, 1.165) is 0 Å². The Morgan fingerprint density at radius 2 is 2.39 bits per heavy atom. The summed E-state index contributed by atoms with van der Waals surface area (Å²) in [4.78, 5) is 11.4. The van der Waals surface area contributed by atoms with E-state index in [0.29, 0.717) is 23.5 Å². The molecule has 0 bridgehead atoms. The lowest BCUT2D eigenvalue weighted by molar-refractivity contribution is -0.123. The number of fused-ring (bicyclic) bond motifs is 1.